The van der Waals surface area contributed by atoms with Crippen molar-refractivity contribution in [1.82, 2.24) is 4.98 Å². The molecule has 3 nitrogen and oxygen atoms in total. The van der Waals surface area contributed by atoms with Crippen molar-refractivity contribution in [2.75, 3.05) is 18.5 Å². The van der Waals surface area contributed by atoms with E-state index in [-0.39, 0.29) is 0 Å². The van der Waals surface area contributed by atoms with Crippen LogP contribution in [-0.2, 0) is 6.54 Å². The second-order valence-corrected chi connectivity index (χ2v) is 5.46. The van der Waals surface area contributed by atoms with Crippen molar-refractivity contribution in [2.24, 2.45) is 11.7 Å². The van der Waals surface area contributed by atoms with E-state index in [1.807, 2.05) is 18.2 Å². The van der Waals surface area contributed by atoms with E-state index in [0.717, 1.165) is 28.8 Å². The molecule has 0 fully saturated rings. The van der Waals surface area contributed by atoms with Gasteiger partial charge in [-0.1, -0.05) is 32.0 Å². The first-order chi connectivity index (χ1) is 9.11. The molecule has 1 aromatic carbocycles. The number of anilines is 1. The Morgan fingerprint density at radius 1 is 1.26 bits per heavy atom. The van der Waals surface area contributed by atoms with Crippen LogP contribution in [0.2, 0.25) is 0 Å². The summed E-state index contributed by atoms with van der Waals surface area (Å²) < 4.78 is 0. The second kappa shape index (κ2) is 6.02. The Morgan fingerprint density at radius 2 is 2.00 bits per heavy atom. The first-order valence-corrected chi connectivity index (χ1v) is 6.91. The van der Waals surface area contributed by atoms with Gasteiger partial charge < -0.3 is 10.6 Å². The molecule has 0 saturated heterocycles. The molecule has 0 bridgehead atoms. The van der Waals surface area contributed by atoms with Crippen molar-refractivity contribution < 1.29 is 0 Å². The summed E-state index contributed by atoms with van der Waals surface area (Å²) in [7, 11) is 2.10. The Labute approximate surface area is 115 Å². The van der Waals surface area contributed by atoms with E-state index in [1.54, 1.807) is 0 Å². The average molecular weight is 257 g/mol. The summed E-state index contributed by atoms with van der Waals surface area (Å²) in [6.07, 6.45) is 1.17. The Morgan fingerprint density at radius 3 is 2.68 bits per heavy atom. The highest BCUT2D eigenvalue weighted by atomic mass is 15.2. The summed E-state index contributed by atoms with van der Waals surface area (Å²) in [5.74, 6) is 1.72. The number of nitrogens with two attached hydrogens (primary N) is 1. The predicted octanol–water partition coefficient (Wildman–Crippen LogP) is 3.18. The molecule has 0 aliphatic rings. The molecule has 1 aromatic heterocycles. The fourth-order valence-electron chi connectivity index (χ4n) is 2.16. The Hall–Kier alpha value is -1.61. The molecular weight excluding hydrogens is 234 g/mol. The number of hydrogen-bond acceptors (Lipinski definition) is 3. The number of rotatable bonds is 5. The highest BCUT2D eigenvalue weighted by Crippen LogP contribution is 2.22. The monoisotopic (exact) mass is 257 g/mol. The van der Waals surface area contributed by atoms with Gasteiger partial charge in [-0.15, -0.1) is 0 Å². The molecule has 0 unspecified atom stereocenters. The predicted molar refractivity (Wildman–Crippen MR) is 82.4 cm³/mol. The van der Waals surface area contributed by atoms with Crippen LogP contribution in [0.4, 0.5) is 5.82 Å². The lowest BCUT2D eigenvalue weighted by molar-refractivity contribution is 0.584. The van der Waals surface area contributed by atoms with Crippen molar-refractivity contribution in [2.45, 2.75) is 26.8 Å². The van der Waals surface area contributed by atoms with E-state index in [2.05, 4.69) is 37.9 Å². The van der Waals surface area contributed by atoms with Crippen LogP contribution in [0.5, 0.6) is 0 Å². The highest BCUT2D eigenvalue weighted by Gasteiger charge is 2.08. The zero-order valence-corrected chi connectivity index (χ0v) is 12.1. The maximum Gasteiger partial charge on any atom is 0.129 e. The molecule has 102 valence electrons. The van der Waals surface area contributed by atoms with Crippen LogP contribution in [-0.4, -0.2) is 18.6 Å². The lowest BCUT2D eigenvalue weighted by Crippen LogP contribution is -2.21. The summed E-state index contributed by atoms with van der Waals surface area (Å²) >= 11 is 0. The third-order valence-electron chi connectivity index (χ3n) is 3.44. The fourth-order valence-corrected chi connectivity index (χ4v) is 2.16. The molecule has 0 spiro atoms. The molecule has 0 aliphatic carbocycles. The zero-order chi connectivity index (χ0) is 13.8. The molecule has 0 atom stereocenters. The molecule has 2 N–H and O–H groups in total. The third kappa shape index (κ3) is 3.24. The molecule has 0 amide bonds. The fraction of sp³-hybridized carbons (Fsp3) is 0.438. The van der Waals surface area contributed by atoms with Crippen LogP contribution in [0, 0.1) is 5.92 Å². The average Bonchev–Trinajstić information content (AvgIpc) is 2.43. The lowest BCUT2D eigenvalue weighted by atomic mass is 10.1. The second-order valence-electron chi connectivity index (χ2n) is 5.46. The molecule has 1 heterocycles. The molecular formula is C16H23N3. The minimum atomic E-state index is 0.550. The SMILES string of the molecule is CC(C)CCN(C)c1cc(CN)c2ccccc2n1. The standard InChI is InChI=1S/C16H23N3/c1-12(2)8-9-19(3)16-10-13(11-17)14-6-4-5-7-15(14)18-16/h4-7,10,12H,8-9,11,17H2,1-3H3. The number of benzene rings is 1. The lowest BCUT2D eigenvalue weighted by Gasteiger charge is -2.20. The van der Waals surface area contributed by atoms with Gasteiger partial charge in [0.2, 0.25) is 0 Å². The van der Waals surface area contributed by atoms with Crippen LogP contribution in [0.1, 0.15) is 25.8 Å². The number of aromatic nitrogens is 1. The van der Waals surface area contributed by atoms with E-state index >= 15 is 0 Å². The molecule has 0 radical (unpaired) electrons. The molecule has 2 rings (SSSR count). The van der Waals surface area contributed by atoms with Crippen molar-refractivity contribution in [3.05, 3.63) is 35.9 Å². The van der Waals surface area contributed by atoms with Crippen LogP contribution in [0.3, 0.4) is 0 Å². The van der Waals surface area contributed by atoms with E-state index < -0.39 is 0 Å². The van der Waals surface area contributed by atoms with E-state index in [9.17, 15) is 0 Å². The molecule has 19 heavy (non-hydrogen) atoms. The van der Waals surface area contributed by atoms with E-state index in [1.165, 1.54) is 6.42 Å². The van der Waals surface area contributed by atoms with Crippen LogP contribution >= 0.6 is 0 Å². The summed E-state index contributed by atoms with van der Waals surface area (Å²) in [4.78, 5) is 6.95. The van der Waals surface area contributed by atoms with Crippen molar-refractivity contribution in [1.29, 1.82) is 0 Å². The number of nitrogens with zero attached hydrogens (tertiary/aromatic N) is 2. The maximum absolute atomic E-state index is 5.86. The van der Waals surface area contributed by atoms with Gasteiger partial charge in [0, 0.05) is 25.5 Å². The third-order valence-corrected chi connectivity index (χ3v) is 3.44. The summed E-state index contributed by atoms with van der Waals surface area (Å²) in [6.45, 7) is 6.06. The first-order valence-electron chi connectivity index (χ1n) is 6.91. The van der Waals surface area contributed by atoms with Gasteiger partial charge in [-0.05, 0) is 30.0 Å². The number of fused-ring (bicyclic) bond motifs is 1. The van der Waals surface area contributed by atoms with Gasteiger partial charge >= 0.3 is 0 Å². The van der Waals surface area contributed by atoms with Crippen molar-refractivity contribution in [3.63, 3.8) is 0 Å². The van der Waals surface area contributed by atoms with Crippen LogP contribution in [0.15, 0.2) is 30.3 Å². The first kappa shape index (κ1) is 13.8. The number of hydrogen-bond donors (Lipinski definition) is 1. The topological polar surface area (TPSA) is 42.1 Å². The van der Waals surface area contributed by atoms with Gasteiger partial charge in [0.15, 0.2) is 0 Å². The Balaban J connectivity index is 2.33. The van der Waals surface area contributed by atoms with E-state index in [0.29, 0.717) is 12.5 Å². The minimum Gasteiger partial charge on any atom is -0.360 e. The van der Waals surface area contributed by atoms with Gasteiger partial charge in [-0.3, -0.25) is 0 Å². The van der Waals surface area contributed by atoms with Gasteiger partial charge in [0.25, 0.3) is 0 Å². The van der Waals surface area contributed by atoms with Crippen LogP contribution < -0.4 is 10.6 Å². The van der Waals surface area contributed by atoms with E-state index in [4.69, 9.17) is 10.7 Å². The van der Waals surface area contributed by atoms with Crippen molar-refractivity contribution >= 4 is 16.7 Å². The Bertz CT molecular complexity index is 549. The van der Waals surface area contributed by atoms with Gasteiger partial charge in [-0.25, -0.2) is 4.98 Å². The zero-order valence-electron chi connectivity index (χ0n) is 12.1. The Kier molecular flexibility index (Phi) is 4.38. The summed E-state index contributed by atoms with van der Waals surface area (Å²) in [5.41, 5.74) is 8.05. The largest absolute Gasteiger partial charge is 0.360 e. The van der Waals surface area contributed by atoms with Gasteiger partial charge in [0.1, 0.15) is 5.82 Å². The summed E-state index contributed by atoms with van der Waals surface area (Å²) in [6, 6.07) is 10.3. The van der Waals surface area contributed by atoms with Gasteiger partial charge in [-0.2, -0.15) is 0 Å². The normalized spacial score (nSPS) is 11.2. The number of para-hydroxylation sites is 1. The highest BCUT2D eigenvalue weighted by molar-refractivity contribution is 5.84. The molecule has 3 heteroatoms. The van der Waals surface area contributed by atoms with Gasteiger partial charge in [0.05, 0.1) is 5.52 Å². The van der Waals surface area contributed by atoms with Crippen molar-refractivity contribution in [3.8, 4) is 0 Å². The molecule has 0 saturated carbocycles. The molecule has 2 aromatic rings. The maximum atomic E-state index is 5.86. The number of pyridine rings is 1. The molecule has 0 aliphatic heterocycles. The van der Waals surface area contributed by atoms with Crippen LogP contribution in [0.25, 0.3) is 10.9 Å². The quantitative estimate of drug-likeness (QED) is 0.894. The summed E-state index contributed by atoms with van der Waals surface area (Å²) in [5, 5.41) is 1.16. The minimum absolute atomic E-state index is 0.550. The smallest absolute Gasteiger partial charge is 0.129 e.